The van der Waals surface area contributed by atoms with Gasteiger partial charge in [-0.2, -0.15) is 0 Å². The summed E-state index contributed by atoms with van der Waals surface area (Å²) < 4.78 is 18.7. The van der Waals surface area contributed by atoms with E-state index in [1.54, 1.807) is 6.07 Å². The number of β-amino-alcohol motifs (C(OH)–C–C–N with tert-alkyl or cyclic N) is 1. The molecular weight excluding hydrogens is 303 g/mol. The van der Waals surface area contributed by atoms with E-state index in [4.69, 9.17) is 4.74 Å². The molecule has 2 rings (SSSR count). The van der Waals surface area contributed by atoms with Crippen LogP contribution >= 0.6 is 0 Å². The normalized spacial score (nSPS) is 20.7. The van der Waals surface area contributed by atoms with Crippen molar-refractivity contribution in [1.29, 1.82) is 0 Å². The van der Waals surface area contributed by atoms with Crippen LogP contribution in [-0.4, -0.2) is 47.3 Å². The molecule has 0 bridgehead atoms. The lowest BCUT2D eigenvalue weighted by atomic mass is 10.2. The minimum atomic E-state index is -0.885. The number of halogens is 1. The van der Waals surface area contributed by atoms with Crippen molar-refractivity contribution in [3.05, 3.63) is 30.1 Å². The number of carbonyl (C=O) groups excluding carboxylic acids is 2. The SMILES string of the molecule is CC(C)COC(=O)N1C[C@@H](O)C[C@H]1C(=O)Nc1ccccc1F. The summed E-state index contributed by atoms with van der Waals surface area (Å²) in [4.78, 5) is 25.6. The highest BCUT2D eigenvalue weighted by Gasteiger charge is 2.40. The molecule has 0 saturated carbocycles. The Morgan fingerprint density at radius 1 is 1.43 bits per heavy atom. The minimum Gasteiger partial charge on any atom is -0.449 e. The topological polar surface area (TPSA) is 78.9 Å². The van der Waals surface area contributed by atoms with Gasteiger partial charge in [-0.25, -0.2) is 9.18 Å². The van der Waals surface area contributed by atoms with Crippen LogP contribution in [0.3, 0.4) is 0 Å². The summed E-state index contributed by atoms with van der Waals surface area (Å²) >= 11 is 0. The summed E-state index contributed by atoms with van der Waals surface area (Å²) in [5.41, 5.74) is 0.0365. The summed E-state index contributed by atoms with van der Waals surface area (Å²) in [6.07, 6.45) is -1.36. The number of rotatable bonds is 4. The number of amides is 2. The molecule has 126 valence electrons. The maximum atomic E-state index is 13.6. The molecule has 2 amide bonds. The molecule has 1 aliphatic heterocycles. The fraction of sp³-hybridized carbons (Fsp3) is 0.500. The Morgan fingerprint density at radius 3 is 2.78 bits per heavy atom. The fourth-order valence-corrected chi connectivity index (χ4v) is 2.36. The fourth-order valence-electron chi connectivity index (χ4n) is 2.36. The number of hydrogen-bond donors (Lipinski definition) is 2. The van der Waals surface area contributed by atoms with E-state index < -0.39 is 30.0 Å². The molecule has 6 nitrogen and oxygen atoms in total. The lowest BCUT2D eigenvalue weighted by Gasteiger charge is -2.23. The third kappa shape index (κ3) is 4.41. The van der Waals surface area contributed by atoms with Crippen LogP contribution in [0.2, 0.25) is 0 Å². The second-order valence-corrected chi connectivity index (χ2v) is 6.00. The van der Waals surface area contributed by atoms with Gasteiger partial charge >= 0.3 is 6.09 Å². The van der Waals surface area contributed by atoms with Gasteiger partial charge in [0.05, 0.1) is 24.9 Å². The molecule has 0 aliphatic carbocycles. The third-order valence-electron chi connectivity index (χ3n) is 3.49. The molecule has 23 heavy (non-hydrogen) atoms. The van der Waals surface area contributed by atoms with Crippen LogP contribution in [0, 0.1) is 11.7 Å². The van der Waals surface area contributed by atoms with Crippen LogP contribution in [-0.2, 0) is 9.53 Å². The van der Waals surface area contributed by atoms with Crippen molar-refractivity contribution in [2.45, 2.75) is 32.4 Å². The van der Waals surface area contributed by atoms with Crippen molar-refractivity contribution < 1.29 is 23.8 Å². The molecule has 0 spiro atoms. The second-order valence-electron chi connectivity index (χ2n) is 6.00. The van der Waals surface area contributed by atoms with Gasteiger partial charge in [0.25, 0.3) is 0 Å². The zero-order valence-electron chi connectivity index (χ0n) is 13.2. The number of nitrogens with one attached hydrogen (secondary N) is 1. The van der Waals surface area contributed by atoms with Gasteiger partial charge in [0.15, 0.2) is 0 Å². The van der Waals surface area contributed by atoms with E-state index in [0.29, 0.717) is 0 Å². The van der Waals surface area contributed by atoms with Crippen LogP contribution in [0.1, 0.15) is 20.3 Å². The Hall–Kier alpha value is -2.15. The van der Waals surface area contributed by atoms with E-state index in [9.17, 15) is 19.1 Å². The van der Waals surface area contributed by atoms with E-state index in [-0.39, 0.29) is 31.2 Å². The Balaban J connectivity index is 2.05. The molecule has 1 heterocycles. The minimum absolute atomic E-state index is 0.0201. The summed E-state index contributed by atoms with van der Waals surface area (Å²) in [6, 6.07) is 4.88. The Labute approximate surface area is 134 Å². The lowest BCUT2D eigenvalue weighted by Crippen LogP contribution is -2.43. The van der Waals surface area contributed by atoms with E-state index in [1.165, 1.54) is 23.1 Å². The maximum Gasteiger partial charge on any atom is 0.410 e. The van der Waals surface area contributed by atoms with Crippen molar-refractivity contribution in [2.75, 3.05) is 18.5 Å². The first kappa shape index (κ1) is 17.2. The third-order valence-corrected chi connectivity index (χ3v) is 3.49. The number of hydrogen-bond acceptors (Lipinski definition) is 4. The van der Waals surface area contributed by atoms with Gasteiger partial charge in [0.1, 0.15) is 11.9 Å². The molecule has 1 aromatic carbocycles. The summed E-state index contributed by atoms with van der Waals surface area (Å²) in [6.45, 7) is 4.04. The second kappa shape index (κ2) is 7.41. The molecular formula is C16H21FN2O4. The average Bonchev–Trinajstić information content (AvgIpc) is 2.89. The van der Waals surface area contributed by atoms with Gasteiger partial charge in [0, 0.05) is 6.42 Å². The highest BCUT2D eigenvalue weighted by molar-refractivity contribution is 5.97. The molecule has 7 heteroatoms. The summed E-state index contributed by atoms with van der Waals surface area (Å²) in [5.74, 6) is -0.946. The first-order chi connectivity index (χ1) is 10.9. The number of para-hydroxylation sites is 1. The Kier molecular flexibility index (Phi) is 5.54. The lowest BCUT2D eigenvalue weighted by molar-refractivity contribution is -0.120. The first-order valence-corrected chi connectivity index (χ1v) is 7.55. The van der Waals surface area contributed by atoms with E-state index in [0.717, 1.165) is 0 Å². The van der Waals surface area contributed by atoms with E-state index in [1.807, 2.05) is 13.8 Å². The van der Waals surface area contributed by atoms with Gasteiger partial charge in [-0.3, -0.25) is 9.69 Å². The molecule has 1 saturated heterocycles. The smallest absolute Gasteiger partial charge is 0.410 e. The van der Waals surface area contributed by atoms with Crippen molar-refractivity contribution in [3.63, 3.8) is 0 Å². The number of carbonyl (C=O) groups is 2. The first-order valence-electron chi connectivity index (χ1n) is 7.55. The Morgan fingerprint density at radius 2 is 2.13 bits per heavy atom. The number of ether oxygens (including phenoxy) is 1. The van der Waals surface area contributed by atoms with Gasteiger partial charge in [-0.05, 0) is 18.1 Å². The zero-order valence-corrected chi connectivity index (χ0v) is 13.2. The predicted octanol–water partition coefficient (Wildman–Crippen LogP) is 1.99. The quantitative estimate of drug-likeness (QED) is 0.888. The number of nitrogens with zero attached hydrogens (tertiary/aromatic N) is 1. The summed E-state index contributed by atoms with van der Waals surface area (Å²) in [7, 11) is 0. The molecule has 1 aromatic rings. The number of aliphatic hydroxyl groups is 1. The van der Waals surface area contributed by atoms with Gasteiger partial charge in [-0.15, -0.1) is 0 Å². The zero-order chi connectivity index (χ0) is 17.0. The summed E-state index contributed by atoms with van der Waals surface area (Å²) in [5, 5.41) is 12.2. The van der Waals surface area contributed by atoms with Crippen LogP contribution < -0.4 is 5.32 Å². The number of anilines is 1. The molecule has 2 atom stereocenters. The highest BCUT2D eigenvalue weighted by Crippen LogP contribution is 2.22. The molecule has 1 aliphatic rings. The van der Waals surface area contributed by atoms with E-state index >= 15 is 0 Å². The van der Waals surface area contributed by atoms with E-state index in [2.05, 4.69) is 5.32 Å². The molecule has 0 radical (unpaired) electrons. The van der Waals surface area contributed by atoms with Gasteiger partial charge in [-0.1, -0.05) is 26.0 Å². The molecule has 2 N–H and O–H groups in total. The van der Waals surface area contributed by atoms with Gasteiger partial charge in [0.2, 0.25) is 5.91 Å². The molecule has 0 aromatic heterocycles. The number of likely N-dealkylation sites (tertiary alicyclic amines) is 1. The largest absolute Gasteiger partial charge is 0.449 e. The van der Waals surface area contributed by atoms with Crippen molar-refractivity contribution in [2.24, 2.45) is 5.92 Å². The van der Waals surface area contributed by atoms with Crippen LogP contribution in [0.25, 0.3) is 0 Å². The van der Waals surface area contributed by atoms with Crippen LogP contribution in [0.15, 0.2) is 24.3 Å². The monoisotopic (exact) mass is 324 g/mol. The van der Waals surface area contributed by atoms with Crippen LogP contribution in [0.5, 0.6) is 0 Å². The number of aliphatic hydroxyl groups excluding tert-OH is 1. The number of benzene rings is 1. The highest BCUT2D eigenvalue weighted by atomic mass is 19.1. The van der Waals surface area contributed by atoms with Crippen LogP contribution in [0.4, 0.5) is 14.9 Å². The van der Waals surface area contributed by atoms with Crippen molar-refractivity contribution in [1.82, 2.24) is 4.90 Å². The molecule has 0 unspecified atom stereocenters. The van der Waals surface area contributed by atoms with Gasteiger partial charge < -0.3 is 15.2 Å². The van der Waals surface area contributed by atoms with Crippen molar-refractivity contribution in [3.8, 4) is 0 Å². The standard InChI is InChI=1S/C16H21FN2O4/c1-10(2)9-23-16(22)19-8-11(20)7-14(19)15(21)18-13-6-4-3-5-12(13)17/h3-6,10-11,14,20H,7-9H2,1-2H3,(H,18,21)/t11-,14-/m0/s1. The molecule has 1 fully saturated rings. The van der Waals surface area contributed by atoms with Crippen molar-refractivity contribution >= 4 is 17.7 Å². The maximum absolute atomic E-state index is 13.6. The predicted molar refractivity (Wildman–Crippen MR) is 82.3 cm³/mol. The Bertz CT molecular complexity index is 579. The average molecular weight is 324 g/mol.